The van der Waals surface area contributed by atoms with Gasteiger partial charge in [0.2, 0.25) is 0 Å². The Hall–Kier alpha value is -0.560. The number of rotatable bonds is 1. The van der Waals surface area contributed by atoms with Crippen LogP contribution in [-0.4, -0.2) is 0 Å². The van der Waals surface area contributed by atoms with Gasteiger partial charge in [0.25, 0.3) is 0 Å². The first-order valence-electron chi connectivity index (χ1n) is 3.09. The maximum absolute atomic E-state index is 12.8. The molecular formula is C9H6FI. The predicted molar refractivity (Wildman–Crippen MR) is 52.1 cm³/mol. The summed E-state index contributed by atoms with van der Waals surface area (Å²) in [7, 11) is 0. The van der Waals surface area contributed by atoms with Gasteiger partial charge in [-0.05, 0) is 17.7 Å². The molecule has 2 heteroatoms. The fourth-order valence-electron chi connectivity index (χ4n) is 0.766. The highest BCUT2D eigenvalue weighted by Gasteiger charge is 1.98. The van der Waals surface area contributed by atoms with Gasteiger partial charge < -0.3 is 0 Å². The van der Waals surface area contributed by atoms with Gasteiger partial charge in [0.05, 0.1) is 5.56 Å². The van der Waals surface area contributed by atoms with Crippen LogP contribution in [0.3, 0.4) is 0 Å². The van der Waals surface area contributed by atoms with E-state index in [0.29, 0.717) is 5.56 Å². The monoisotopic (exact) mass is 260 g/mol. The summed E-state index contributed by atoms with van der Waals surface area (Å²) in [5.74, 6) is 1.97. The van der Waals surface area contributed by atoms with Crippen molar-refractivity contribution in [1.29, 1.82) is 0 Å². The molecule has 0 aromatic heterocycles. The molecule has 0 radical (unpaired) electrons. The zero-order valence-corrected chi connectivity index (χ0v) is 7.93. The van der Waals surface area contributed by atoms with Crippen molar-refractivity contribution in [3.8, 4) is 12.3 Å². The molecule has 56 valence electrons. The molecule has 11 heavy (non-hydrogen) atoms. The first-order chi connectivity index (χ1) is 5.27. The third-order valence-electron chi connectivity index (χ3n) is 1.34. The molecule has 0 unspecified atom stereocenters. The third kappa shape index (κ3) is 1.93. The lowest BCUT2D eigenvalue weighted by Crippen LogP contribution is -1.85. The van der Waals surface area contributed by atoms with E-state index in [1.165, 1.54) is 6.07 Å². The van der Waals surface area contributed by atoms with Crippen molar-refractivity contribution in [2.24, 2.45) is 0 Å². The fraction of sp³-hybridized carbons (Fsp3) is 0.111. The van der Waals surface area contributed by atoms with Crippen LogP contribution >= 0.6 is 22.6 Å². The number of terminal acetylenes is 1. The van der Waals surface area contributed by atoms with E-state index < -0.39 is 0 Å². The molecule has 0 atom stereocenters. The van der Waals surface area contributed by atoms with Crippen LogP contribution in [-0.2, 0) is 4.43 Å². The quantitative estimate of drug-likeness (QED) is 0.413. The van der Waals surface area contributed by atoms with Crippen LogP contribution < -0.4 is 0 Å². The Balaban J connectivity index is 3.15. The molecule has 0 nitrogen and oxygen atoms in total. The van der Waals surface area contributed by atoms with Crippen molar-refractivity contribution in [3.63, 3.8) is 0 Å². The smallest absolute Gasteiger partial charge is 0.138 e. The van der Waals surface area contributed by atoms with E-state index in [4.69, 9.17) is 6.42 Å². The lowest BCUT2D eigenvalue weighted by atomic mass is 10.1. The Bertz CT molecular complexity index is 299. The Labute approximate surface area is 79.0 Å². The van der Waals surface area contributed by atoms with Crippen molar-refractivity contribution < 1.29 is 4.39 Å². The largest absolute Gasteiger partial charge is 0.206 e. The van der Waals surface area contributed by atoms with Crippen molar-refractivity contribution in [2.45, 2.75) is 4.43 Å². The molecule has 0 heterocycles. The maximum atomic E-state index is 12.8. The highest BCUT2D eigenvalue weighted by Crippen LogP contribution is 2.11. The molecule has 0 saturated heterocycles. The van der Waals surface area contributed by atoms with Crippen LogP contribution in [0.1, 0.15) is 11.1 Å². The Morgan fingerprint density at radius 2 is 2.27 bits per heavy atom. The van der Waals surface area contributed by atoms with Gasteiger partial charge in [-0.1, -0.05) is 34.6 Å². The van der Waals surface area contributed by atoms with Crippen LogP contribution in [0.4, 0.5) is 4.39 Å². The van der Waals surface area contributed by atoms with Crippen molar-refractivity contribution >= 4 is 22.6 Å². The first kappa shape index (κ1) is 8.54. The number of hydrogen-bond donors (Lipinski definition) is 0. The molecule has 0 spiro atoms. The second kappa shape index (κ2) is 3.72. The highest BCUT2D eigenvalue weighted by atomic mass is 127. The van der Waals surface area contributed by atoms with Crippen molar-refractivity contribution in [2.75, 3.05) is 0 Å². The number of hydrogen-bond acceptors (Lipinski definition) is 0. The minimum Gasteiger partial charge on any atom is -0.206 e. The molecule has 0 bridgehead atoms. The molecule has 0 saturated carbocycles. The van der Waals surface area contributed by atoms with E-state index in [1.54, 1.807) is 12.1 Å². The van der Waals surface area contributed by atoms with Gasteiger partial charge in [-0.25, -0.2) is 4.39 Å². The number of alkyl halides is 1. The van der Waals surface area contributed by atoms with Crippen molar-refractivity contribution in [3.05, 3.63) is 35.1 Å². The molecule has 0 aliphatic heterocycles. The van der Waals surface area contributed by atoms with Gasteiger partial charge in [-0.3, -0.25) is 0 Å². The van der Waals surface area contributed by atoms with E-state index in [1.807, 2.05) is 0 Å². The standard InChI is InChI=1S/C9H6FI/c1-2-8-5-7(6-11)3-4-9(8)10/h1,3-5H,6H2. The molecule has 0 aliphatic carbocycles. The van der Waals surface area contributed by atoms with E-state index in [0.717, 1.165) is 9.99 Å². The maximum Gasteiger partial charge on any atom is 0.138 e. The topological polar surface area (TPSA) is 0 Å². The zero-order chi connectivity index (χ0) is 8.27. The predicted octanol–water partition coefficient (Wildman–Crippen LogP) is 2.74. The van der Waals surface area contributed by atoms with E-state index in [2.05, 4.69) is 28.5 Å². The summed E-state index contributed by atoms with van der Waals surface area (Å²) in [5, 5.41) is 0. The Kier molecular flexibility index (Phi) is 2.89. The van der Waals surface area contributed by atoms with Gasteiger partial charge in [-0.15, -0.1) is 6.42 Å². The van der Waals surface area contributed by atoms with E-state index in [-0.39, 0.29) is 5.82 Å². The second-order valence-corrected chi connectivity index (χ2v) is 2.85. The summed E-state index contributed by atoms with van der Waals surface area (Å²) in [4.78, 5) is 0. The van der Waals surface area contributed by atoms with Crippen LogP contribution in [0.2, 0.25) is 0 Å². The summed E-state index contributed by atoms with van der Waals surface area (Å²) < 4.78 is 13.6. The summed E-state index contributed by atoms with van der Waals surface area (Å²) in [6, 6.07) is 4.84. The molecule has 0 amide bonds. The van der Waals surface area contributed by atoms with Gasteiger partial charge in [-0.2, -0.15) is 0 Å². The van der Waals surface area contributed by atoms with Crippen molar-refractivity contribution in [1.82, 2.24) is 0 Å². The fourth-order valence-corrected chi connectivity index (χ4v) is 1.24. The van der Waals surface area contributed by atoms with E-state index >= 15 is 0 Å². The third-order valence-corrected chi connectivity index (χ3v) is 2.22. The lowest BCUT2D eigenvalue weighted by molar-refractivity contribution is 0.624. The summed E-state index contributed by atoms with van der Waals surface area (Å²) in [6.07, 6.45) is 5.08. The van der Waals surface area contributed by atoms with Gasteiger partial charge in [0, 0.05) is 4.43 Å². The first-order valence-corrected chi connectivity index (χ1v) is 4.61. The lowest BCUT2D eigenvalue weighted by Gasteiger charge is -1.97. The molecule has 1 aromatic rings. The van der Waals surface area contributed by atoms with Crippen LogP contribution in [0.15, 0.2) is 18.2 Å². The molecule has 0 aliphatic rings. The number of benzene rings is 1. The summed E-state index contributed by atoms with van der Waals surface area (Å²) in [5.41, 5.74) is 1.40. The SMILES string of the molecule is C#Cc1cc(CI)ccc1F. The van der Waals surface area contributed by atoms with Crippen LogP contribution in [0.5, 0.6) is 0 Å². The average molecular weight is 260 g/mol. The minimum atomic E-state index is -0.318. The Morgan fingerprint density at radius 1 is 1.55 bits per heavy atom. The van der Waals surface area contributed by atoms with Gasteiger partial charge in [0.15, 0.2) is 0 Å². The molecular weight excluding hydrogens is 254 g/mol. The van der Waals surface area contributed by atoms with Crippen LogP contribution in [0, 0.1) is 18.2 Å². The van der Waals surface area contributed by atoms with E-state index in [9.17, 15) is 4.39 Å². The number of halogens is 2. The minimum absolute atomic E-state index is 0.318. The molecule has 1 rings (SSSR count). The molecule has 0 fully saturated rings. The molecule has 1 aromatic carbocycles. The van der Waals surface area contributed by atoms with Gasteiger partial charge in [0.1, 0.15) is 5.82 Å². The molecule has 0 N–H and O–H groups in total. The highest BCUT2D eigenvalue weighted by molar-refractivity contribution is 14.1. The normalized spacial score (nSPS) is 9.18. The van der Waals surface area contributed by atoms with Crippen LogP contribution in [0.25, 0.3) is 0 Å². The summed E-state index contributed by atoms with van der Waals surface area (Å²) in [6.45, 7) is 0. The summed E-state index contributed by atoms with van der Waals surface area (Å²) >= 11 is 2.21. The van der Waals surface area contributed by atoms with Gasteiger partial charge >= 0.3 is 0 Å². The average Bonchev–Trinajstić information content (AvgIpc) is 2.05. The second-order valence-electron chi connectivity index (χ2n) is 2.09. The Morgan fingerprint density at radius 3 is 2.82 bits per heavy atom. The zero-order valence-electron chi connectivity index (χ0n) is 5.77.